The molecule has 0 amide bonds. The monoisotopic (exact) mass is 1040 g/mol. The molecule has 0 saturated heterocycles. The third-order valence-corrected chi connectivity index (χ3v) is 20.4. The first-order valence-corrected chi connectivity index (χ1v) is 29.1. The minimum Gasteiger partial charge on any atom is -0.496 e. The molecule has 382 valence electrons. The Morgan fingerprint density at radius 2 is 0.366 bits per heavy atom. The molecular weight excluding hydrogens is 993 g/mol. The predicted octanol–water partition coefficient (Wildman–Crippen LogP) is 16.5. The van der Waals surface area contributed by atoms with E-state index in [-0.39, 0.29) is 47.3 Å². The van der Waals surface area contributed by atoms with E-state index < -0.39 is 0 Å². The van der Waals surface area contributed by atoms with E-state index >= 15 is 0 Å². The third kappa shape index (κ3) is 5.53. The average Bonchev–Trinajstić information content (AvgIpc) is 0.757. The Hall–Kier alpha value is -9.86. The summed E-state index contributed by atoms with van der Waals surface area (Å²) in [6, 6.07) is 81.7. The zero-order chi connectivity index (χ0) is 53.6. The van der Waals surface area contributed by atoms with Gasteiger partial charge in [0.25, 0.3) is 0 Å². The molecule has 11 aromatic rings. The maximum absolute atomic E-state index is 6.86. The molecule has 0 radical (unpaired) electrons. The van der Waals surface area contributed by atoms with E-state index in [0.717, 1.165) is 33.8 Å². The van der Waals surface area contributed by atoms with E-state index in [1.807, 2.05) is 14.2 Å². The summed E-state index contributed by atoms with van der Waals surface area (Å²) < 4.78 is 13.7. The number of ether oxygens (including phenoxy) is 2. The molecule has 2 nitrogen and oxygen atoms in total. The Labute approximate surface area is 477 Å². The predicted molar refractivity (Wildman–Crippen MR) is 323 cm³/mol. The fourth-order valence-electron chi connectivity index (χ4n) is 17.7. The van der Waals surface area contributed by atoms with Crippen molar-refractivity contribution >= 4 is 0 Å². The van der Waals surface area contributed by atoms with Gasteiger partial charge in [-0.3, -0.25) is 0 Å². The number of methoxy groups -OCH3 is 2. The van der Waals surface area contributed by atoms with Crippen molar-refractivity contribution in [3.05, 3.63) is 374 Å². The molecule has 0 aliphatic heterocycles. The quantitative estimate of drug-likeness (QED) is 0.161. The average molecular weight is 1040 g/mol. The van der Waals surface area contributed by atoms with Crippen LogP contribution in [0.5, 0.6) is 11.5 Å². The molecule has 23 rings (SSSR count). The SMILES string of the molecule is COc1c2c(c(C#Cc3ccc(C#Cc4c5c(c(OC)c6c4C4c7ccccc7C6c6ccccc64)C4c6ccccc6C5c5ccccc54)cc3)c3c1C1c4ccccc4C3c3ccccc31)C1c3ccccc3C2c2ccccc21. The van der Waals surface area contributed by atoms with Crippen LogP contribution in [-0.4, -0.2) is 14.2 Å². The van der Waals surface area contributed by atoms with Crippen LogP contribution in [0.25, 0.3) is 0 Å². The molecule has 82 heavy (non-hydrogen) atoms. The van der Waals surface area contributed by atoms with Gasteiger partial charge < -0.3 is 9.47 Å². The second-order valence-corrected chi connectivity index (χ2v) is 23.7. The summed E-state index contributed by atoms with van der Waals surface area (Å²) in [6.45, 7) is 0. The summed E-state index contributed by atoms with van der Waals surface area (Å²) in [5, 5.41) is 0. The van der Waals surface area contributed by atoms with E-state index in [4.69, 9.17) is 9.47 Å². The largest absolute Gasteiger partial charge is 0.496 e. The van der Waals surface area contributed by atoms with Crippen molar-refractivity contribution in [2.24, 2.45) is 0 Å². The van der Waals surface area contributed by atoms with E-state index in [1.165, 1.54) is 134 Å². The van der Waals surface area contributed by atoms with E-state index in [1.54, 1.807) is 0 Å². The van der Waals surface area contributed by atoms with Gasteiger partial charge >= 0.3 is 0 Å². The van der Waals surface area contributed by atoms with Crippen molar-refractivity contribution in [3.8, 4) is 35.2 Å². The normalized spacial score (nSPS) is 21.1. The molecule has 0 spiro atoms. The van der Waals surface area contributed by atoms with Crippen molar-refractivity contribution in [1.82, 2.24) is 0 Å². The van der Waals surface area contributed by atoms with Gasteiger partial charge in [-0.25, -0.2) is 0 Å². The highest BCUT2D eigenvalue weighted by Gasteiger charge is 2.53. The van der Waals surface area contributed by atoms with Crippen molar-refractivity contribution in [3.63, 3.8) is 0 Å². The summed E-state index contributed by atoms with van der Waals surface area (Å²) in [7, 11) is 3.79. The molecule has 12 aliphatic carbocycles. The van der Waals surface area contributed by atoms with Crippen molar-refractivity contribution in [2.75, 3.05) is 14.2 Å². The minimum atomic E-state index is 0.0169. The Balaban J connectivity index is 0.807. The van der Waals surface area contributed by atoms with Gasteiger partial charge in [-0.1, -0.05) is 218 Å². The van der Waals surface area contributed by atoms with Crippen LogP contribution in [0.2, 0.25) is 0 Å². The first-order valence-electron chi connectivity index (χ1n) is 29.1. The van der Waals surface area contributed by atoms with Gasteiger partial charge in [0.2, 0.25) is 0 Å². The van der Waals surface area contributed by atoms with Crippen LogP contribution in [0.1, 0.15) is 203 Å². The van der Waals surface area contributed by atoms with Crippen molar-refractivity contribution < 1.29 is 9.47 Å². The highest BCUT2D eigenvalue weighted by atomic mass is 16.5. The van der Waals surface area contributed by atoms with Crippen LogP contribution in [0.3, 0.4) is 0 Å². The highest BCUT2D eigenvalue weighted by Crippen LogP contribution is 2.68. The fraction of sp³-hybridized carbons (Fsp3) is 0.125. The van der Waals surface area contributed by atoms with Gasteiger partial charge in [-0.05, 0) is 136 Å². The van der Waals surface area contributed by atoms with Gasteiger partial charge in [-0.15, -0.1) is 0 Å². The molecule has 0 unspecified atom stereocenters. The maximum Gasteiger partial charge on any atom is 0.127 e. The summed E-state index contributed by atoms with van der Waals surface area (Å²) in [4.78, 5) is 0. The third-order valence-electron chi connectivity index (χ3n) is 20.4. The summed E-state index contributed by atoms with van der Waals surface area (Å²) >= 11 is 0. The lowest BCUT2D eigenvalue weighted by molar-refractivity contribution is 0.397. The second kappa shape index (κ2) is 16.4. The van der Waals surface area contributed by atoms with Gasteiger partial charge in [0, 0.05) is 91.9 Å². The van der Waals surface area contributed by atoms with E-state index in [9.17, 15) is 0 Å². The number of hydrogen-bond donors (Lipinski definition) is 0. The van der Waals surface area contributed by atoms with E-state index in [0.29, 0.717) is 0 Å². The van der Waals surface area contributed by atoms with Gasteiger partial charge in [-0.2, -0.15) is 0 Å². The smallest absolute Gasteiger partial charge is 0.127 e. The highest BCUT2D eigenvalue weighted by molar-refractivity contribution is 5.85. The number of benzene rings is 11. The van der Waals surface area contributed by atoms with Crippen LogP contribution < -0.4 is 9.47 Å². The molecule has 12 aliphatic rings. The molecule has 0 fully saturated rings. The Morgan fingerprint density at radius 3 is 0.524 bits per heavy atom. The lowest BCUT2D eigenvalue weighted by Crippen LogP contribution is -2.34. The number of hydrogen-bond acceptors (Lipinski definition) is 2. The standard InChI is InChI=1S/C80H50O2/c1-81-79-75-67-53-27-11-3-19-45(53)63(46-20-4-12-28-54(46)67)71(75)61(72-64-47-21-5-13-29-55(47)68(76(72)79)56-30-14-6-22-48(56)64)41-39-43-35-37-44(38-36-43)40-42-62-73-65-49-23-7-15-31-57(49)69(58-32-16-8-24-50(58)65)77(73)80(82-2)78-70-59-33-17-9-25-51(59)66(74(62)78)52-26-10-18-34-60(52)70/h3-38,63-70H,1-2H3. The zero-order valence-corrected chi connectivity index (χ0v) is 45.2. The lowest BCUT2D eigenvalue weighted by Gasteiger charge is -2.48. The summed E-state index contributed by atoms with van der Waals surface area (Å²) in [6.07, 6.45) is 0. The molecule has 0 atom stereocenters. The molecule has 8 bridgehead atoms. The molecule has 0 aromatic heterocycles. The van der Waals surface area contributed by atoms with Gasteiger partial charge in [0.1, 0.15) is 11.5 Å². The molecule has 0 heterocycles. The fourth-order valence-corrected chi connectivity index (χ4v) is 17.7. The maximum atomic E-state index is 6.86. The molecule has 0 N–H and O–H groups in total. The molecule has 2 heteroatoms. The van der Waals surface area contributed by atoms with Crippen LogP contribution in [0, 0.1) is 23.7 Å². The summed E-state index contributed by atoms with van der Waals surface area (Å²) in [5.74, 6) is 17.9. The van der Waals surface area contributed by atoms with Crippen molar-refractivity contribution in [1.29, 1.82) is 0 Å². The van der Waals surface area contributed by atoms with E-state index in [2.05, 4.69) is 242 Å². The van der Waals surface area contributed by atoms with Crippen molar-refractivity contribution in [2.45, 2.75) is 47.3 Å². The number of rotatable bonds is 2. The van der Waals surface area contributed by atoms with Crippen LogP contribution in [0.4, 0.5) is 0 Å². The first kappa shape index (κ1) is 44.9. The first-order chi connectivity index (χ1) is 40.7. The van der Waals surface area contributed by atoms with Crippen LogP contribution in [-0.2, 0) is 0 Å². The minimum absolute atomic E-state index is 0.0169. The Kier molecular flexibility index (Phi) is 8.98. The Bertz CT molecular complexity index is 4100. The topological polar surface area (TPSA) is 18.5 Å². The summed E-state index contributed by atoms with van der Waals surface area (Å²) in [5.41, 5.74) is 36.5. The molecular formula is C80H50O2. The molecule has 11 aromatic carbocycles. The Morgan fingerprint density at radius 1 is 0.207 bits per heavy atom. The lowest BCUT2D eigenvalue weighted by atomic mass is 9.54. The van der Waals surface area contributed by atoms with Gasteiger partial charge in [0.05, 0.1) is 14.2 Å². The van der Waals surface area contributed by atoms with Crippen LogP contribution in [0.15, 0.2) is 218 Å². The zero-order valence-electron chi connectivity index (χ0n) is 45.2. The van der Waals surface area contributed by atoms with Crippen LogP contribution >= 0.6 is 0 Å². The van der Waals surface area contributed by atoms with Gasteiger partial charge in [0.15, 0.2) is 0 Å². The second-order valence-electron chi connectivity index (χ2n) is 23.7. The molecule has 0 saturated carbocycles.